The van der Waals surface area contributed by atoms with Crippen molar-refractivity contribution in [3.05, 3.63) is 23.5 Å². The van der Waals surface area contributed by atoms with Gasteiger partial charge in [0.15, 0.2) is 4.96 Å². The van der Waals surface area contributed by atoms with Crippen LogP contribution in [0.5, 0.6) is 0 Å². The van der Waals surface area contributed by atoms with E-state index in [4.69, 9.17) is 4.74 Å². The van der Waals surface area contributed by atoms with E-state index in [1.807, 2.05) is 20.9 Å². The van der Waals surface area contributed by atoms with Crippen molar-refractivity contribution in [3.8, 4) is 0 Å². The van der Waals surface area contributed by atoms with E-state index in [2.05, 4.69) is 4.98 Å². The standard InChI is InChI=1S/C10H11N3O2S/c14-9(12-3-5-15-6-4-12)8-7-16-10-11-1-2-13(8)10/h1-2,7H,3-6H2. The van der Waals surface area contributed by atoms with Gasteiger partial charge in [0.25, 0.3) is 5.91 Å². The summed E-state index contributed by atoms with van der Waals surface area (Å²) < 4.78 is 7.07. The summed E-state index contributed by atoms with van der Waals surface area (Å²) in [6, 6.07) is 0. The lowest BCUT2D eigenvalue weighted by atomic mass is 10.3. The molecule has 3 heterocycles. The number of ether oxygens (including phenoxy) is 1. The van der Waals surface area contributed by atoms with Gasteiger partial charge in [0.2, 0.25) is 0 Å². The highest BCUT2D eigenvalue weighted by Crippen LogP contribution is 2.16. The number of aromatic nitrogens is 2. The maximum absolute atomic E-state index is 12.2. The first-order valence-electron chi connectivity index (χ1n) is 5.14. The van der Waals surface area contributed by atoms with Gasteiger partial charge in [0, 0.05) is 30.9 Å². The molecular weight excluding hydrogens is 226 g/mol. The van der Waals surface area contributed by atoms with Gasteiger partial charge < -0.3 is 9.64 Å². The second kappa shape index (κ2) is 3.88. The molecule has 1 fully saturated rings. The van der Waals surface area contributed by atoms with Crippen LogP contribution in [0.15, 0.2) is 17.8 Å². The van der Waals surface area contributed by atoms with E-state index < -0.39 is 0 Å². The van der Waals surface area contributed by atoms with Crippen LogP contribution in [-0.2, 0) is 4.74 Å². The number of thiazole rings is 1. The molecule has 84 valence electrons. The fourth-order valence-corrected chi connectivity index (χ4v) is 2.63. The molecule has 0 N–H and O–H groups in total. The van der Waals surface area contributed by atoms with Gasteiger partial charge in [-0.05, 0) is 0 Å². The van der Waals surface area contributed by atoms with Crippen molar-refractivity contribution in [1.82, 2.24) is 14.3 Å². The Hall–Kier alpha value is -1.40. The van der Waals surface area contributed by atoms with Crippen LogP contribution in [0, 0.1) is 0 Å². The van der Waals surface area contributed by atoms with Gasteiger partial charge >= 0.3 is 0 Å². The largest absolute Gasteiger partial charge is 0.378 e. The summed E-state index contributed by atoms with van der Waals surface area (Å²) in [5.74, 6) is 0.0625. The average Bonchev–Trinajstić information content (AvgIpc) is 2.91. The third-order valence-corrected chi connectivity index (χ3v) is 3.51. The lowest BCUT2D eigenvalue weighted by Crippen LogP contribution is -2.41. The maximum atomic E-state index is 12.2. The molecule has 0 radical (unpaired) electrons. The number of carbonyl (C=O) groups excluding carboxylic acids is 1. The summed E-state index contributed by atoms with van der Waals surface area (Å²) in [5.41, 5.74) is 0.694. The van der Waals surface area contributed by atoms with E-state index in [0.29, 0.717) is 32.0 Å². The molecule has 2 aromatic heterocycles. The van der Waals surface area contributed by atoms with Gasteiger partial charge in [-0.1, -0.05) is 0 Å². The second-order valence-electron chi connectivity index (χ2n) is 3.61. The summed E-state index contributed by atoms with van der Waals surface area (Å²) in [5, 5.41) is 1.86. The quantitative estimate of drug-likeness (QED) is 0.739. The first kappa shape index (κ1) is 9.80. The van der Waals surface area contributed by atoms with Crippen LogP contribution in [0.2, 0.25) is 0 Å². The van der Waals surface area contributed by atoms with Crippen molar-refractivity contribution in [2.24, 2.45) is 0 Å². The lowest BCUT2D eigenvalue weighted by molar-refractivity contribution is 0.0298. The number of carbonyl (C=O) groups is 1. The summed E-state index contributed by atoms with van der Waals surface area (Å²) in [4.78, 5) is 19.0. The Morgan fingerprint density at radius 3 is 3.06 bits per heavy atom. The summed E-state index contributed by atoms with van der Waals surface area (Å²) in [7, 11) is 0. The van der Waals surface area contributed by atoms with E-state index in [-0.39, 0.29) is 5.91 Å². The van der Waals surface area contributed by atoms with Crippen molar-refractivity contribution in [3.63, 3.8) is 0 Å². The number of morpholine rings is 1. The van der Waals surface area contributed by atoms with E-state index in [1.165, 1.54) is 11.3 Å². The number of hydrogen-bond donors (Lipinski definition) is 0. The third kappa shape index (κ3) is 1.50. The van der Waals surface area contributed by atoms with E-state index in [0.717, 1.165) is 4.96 Å². The van der Waals surface area contributed by atoms with Crippen LogP contribution in [0.25, 0.3) is 4.96 Å². The predicted octanol–water partition coefficient (Wildman–Crippen LogP) is 0.868. The molecule has 0 spiro atoms. The molecule has 0 aliphatic carbocycles. The monoisotopic (exact) mass is 237 g/mol. The van der Waals surface area contributed by atoms with Crippen LogP contribution in [-0.4, -0.2) is 46.5 Å². The van der Waals surface area contributed by atoms with E-state index in [1.54, 1.807) is 6.20 Å². The number of amides is 1. The predicted molar refractivity (Wildman–Crippen MR) is 59.8 cm³/mol. The van der Waals surface area contributed by atoms with Gasteiger partial charge in [-0.25, -0.2) is 4.98 Å². The molecule has 0 atom stereocenters. The normalized spacial score (nSPS) is 16.9. The lowest BCUT2D eigenvalue weighted by Gasteiger charge is -2.26. The fourth-order valence-electron chi connectivity index (χ4n) is 1.81. The minimum absolute atomic E-state index is 0.0625. The third-order valence-electron chi connectivity index (χ3n) is 2.66. The number of rotatable bonds is 1. The Labute approximate surface area is 96.3 Å². The molecule has 0 aromatic carbocycles. The van der Waals surface area contributed by atoms with Crippen molar-refractivity contribution < 1.29 is 9.53 Å². The molecule has 2 aromatic rings. The number of imidazole rings is 1. The molecule has 0 unspecified atom stereocenters. The molecule has 1 amide bonds. The van der Waals surface area contributed by atoms with Crippen LogP contribution in [0.1, 0.15) is 10.5 Å². The Bertz CT molecular complexity index is 513. The molecule has 6 heteroatoms. The molecule has 16 heavy (non-hydrogen) atoms. The van der Waals surface area contributed by atoms with Crippen LogP contribution < -0.4 is 0 Å². The molecule has 0 saturated carbocycles. The Morgan fingerprint density at radius 1 is 1.44 bits per heavy atom. The zero-order valence-corrected chi connectivity index (χ0v) is 9.44. The van der Waals surface area contributed by atoms with Crippen molar-refractivity contribution >= 4 is 22.2 Å². The van der Waals surface area contributed by atoms with Gasteiger partial charge in [0.1, 0.15) is 5.69 Å². The van der Waals surface area contributed by atoms with Gasteiger partial charge in [-0.15, -0.1) is 11.3 Å². The topological polar surface area (TPSA) is 46.8 Å². The van der Waals surface area contributed by atoms with Crippen molar-refractivity contribution in [2.75, 3.05) is 26.3 Å². The second-order valence-corrected chi connectivity index (χ2v) is 4.44. The molecule has 0 bridgehead atoms. The summed E-state index contributed by atoms with van der Waals surface area (Å²) >= 11 is 1.49. The van der Waals surface area contributed by atoms with E-state index in [9.17, 15) is 4.79 Å². The first-order valence-corrected chi connectivity index (χ1v) is 6.02. The number of hydrogen-bond acceptors (Lipinski definition) is 4. The minimum Gasteiger partial charge on any atom is -0.378 e. The Balaban J connectivity index is 1.91. The zero-order valence-electron chi connectivity index (χ0n) is 8.63. The molecule has 1 aliphatic heterocycles. The number of fused-ring (bicyclic) bond motifs is 1. The first-order chi connectivity index (χ1) is 7.86. The molecule has 1 aliphatic rings. The zero-order chi connectivity index (χ0) is 11.0. The minimum atomic E-state index is 0.0625. The Morgan fingerprint density at radius 2 is 2.25 bits per heavy atom. The Kier molecular flexibility index (Phi) is 2.37. The van der Waals surface area contributed by atoms with Crippen LogP contribution in [0.3, 0.4) is 0 Å². The smallest absolute Gasteiger partial charge is 0.271 e. The maximum Gasteiger partial charge on any atom is 0.271 e. The summed E-state index contributed by atoms with van der Waals surface area (Å²) in [6.07, 6.45) is 3.53. The van der Waals surface area contributed by atoms with Crippen LogP contribution >= 0.6 is 11.3 Å². The number of nitrogens with zero attached hydrogens (tertiary/aromatic N) is 3. The highest BCUT2D eigenvalue weighted by atomic mass is 32.1. The average molecular weight is 237 g/mol. The summed E-state index contributed by atoms with van der Waals surface area (Å²) in [6.45, 7) is 2.60. The fraction of sp³-hybridized carbons (Fsp3) is 0.400. The van der Waals surface area contributed by atoms with E-state index >= 15 is 0 Å². The van der Waals surface area contributed by atoms with Crippen molar-refractivity contribution in [1.29, 1.82) is 0 Å². The highest BCUT2D eigenvalue weighted by molar-refractivity contribution is 7.15. The highest BCUT2D eigenvalue weighted by Gasteiger charge is 2.21. The molecule has 5 nitrogen and oxygen atoms in total. The van der Waals surface area contributed by atoms with Gasteiger partial charge in [-0.2, -0.15) is 0 Å². The van der Waals surface area contributed by atoms with Gasteiger partial charge in [0.05, 0.1) is 13.2 Å². The van der Waals surface area contributed by atoms with Gasteiger partial charge in [-0.3, -0.25) is 9.20 Å². The molecule has 3 rings (SSSR count). The molecule has 1 saturated heterocycles. The van der Waals surface area contributed by atoms with Crippen molar-refractivity contribution in [2.45, 2.75) is 0 Å². The SMILES string of the molecule is O=C(c1csc2nccn12)N1CCOCC1. The molecular formula is C10H11N3O2S. The van der Waals surface area contributed by atoms with Crippen LogP contribution in [0.4, 0.5) is 0 Å².